The number of hydrogen-bond acceptors (Lipinski definition) is 6. The van der Waals surface area contributed by atoms with Crippen molar-refractivity contribution in [3.63, 3.8) is 0 Å². The van der Waals surface area contributed by atoms with Crippen LogP contribution in [-0.4, -0.2) is 42.7 Å². The van der Waals surface area contributed by atoms with Gasteiger partial charge in [0, 0.05) is 11.3 Å². The molecule has 6 nitrogen and oxygen atoms in total. The number of H-pyrrole nitrogens is 1. The first-order valence-corrected chi connectivity index (χ1v) is 9.75. The summed E-state index contributed by atoms with van der Waals surface area (Å²) in [6.45, 7) is 1.60. The zero-order chi connectivity index (χ0) is 15.6. The summed E-state index contributed by atoms with van der Waals surface area (Å²) in [7, 11) is -3.69. The lowest BCUT2D eigenvalue weighted by Crippen LogP contribution is -2.41. The molecule has 116 valence electrons. The highest BCUT2D eigenvalue weighted by Gasteiger charge is 2.23. The number of benzene rings is 1. The molecule has 0 saturated heterocycles. The van der Waals surface area contributed by atoms with Gasteiger partial charge in [-0.1, -0.05) is 11.3 Å². The van der Waals surface area contributed by atoms with E-state index in [2.05, 4.69) is 9.71 Å². The number of aliphatic hydroxyl groups is 1. The second-order valence-electron chi connectivity index (χ2n) is 4.54. The minimum Gasteiger partial charge on any atom is -0.395 e. The highest BCUT2D eigenvalue weighted by Crippen LogP contribution is 2.20. The summed E-state index contributed by atoms with van der Waals surface area (Å²) < 4.78 is 27.8. The van der Waals surface area contributed by atoms with Gasteiger partial charge in [-0.15, -0.1) is 0 Å². The summed E-state index contributed by atoms with van der Waals surface area (Å²) >= 11 is 2.37. The van der Waals surface area contributed by atoms with E-state index in [9.17, 15) is 18.3 Å². The number of aliphatic hydroxyl groups excluding tert-OH is 1. The van der Waals surface area contributed by atoms with E-state index < -0.39 is 16.1 Å². The van der Waals surface area contributed by atoms with Crippen molar-refractivity contribution in [3.05, 3.63) is 27.9 Å². The Hall–Kier alpha value is -0.870. The number of aromatic amines is 1. The lowest BCUT2D eigenvalue weighted by atomic mass is 10.3. The normalized spacial score (nSPS) is 15.2. The molecule has 3 N–H and O–H groups in total. The SMILES string of the molecule is CSC(CO)C(C)NS(=O)(=O)c1ccc2[nH]c(=O)sc2c1. The molecular formula is C12H16N2O4S3. The Morgan fingerprint density at radius 1 is 1.48 bits per heavy atom. The first kappa shape index (κ1) is 16.5. The smallest absolute Gasteiger partial charge is 0.305 e. The standard InChI is InChI=1S/C12H16N2O4S3/c1-7(11(6-15)19-2)14-21(17,18)8-3-4-9-10(5-8)20-12(16)13-9/h3-5,7,11,14-15H,6H2,1-2H3,(H,13,16). The fourth-order valence-corrected chi connectivity index (χ4v) is 4.79. The van der Waals surface area contributed by atoms with Crippen LogP contribution in [0.4, 0.5) is 0 Å². The number of sulfonamides is 1. The quantitative estimate of drug-likeness (QED) is 0.723. The third kappa shape index (κ3) is 3.67. The average Bonchev–Trinajstić information content (AvgIpc) is 2.78. The van der Waals surface area contributed by atoms with Gasteiger partial charge in [0.2, 0.25) is 10.0 Å². The average molecular weight is 348 g/mol. The molecule has 0 saturated carbocycles. The van der Waals surface area contributed by atoms with E-state index in [0.717, 1.165) is 11.3 Å². The molecule has 21 heavy (non-hydrogen) atoms. The van der Waals surface area contributed by atoms with Crippen LogP contribution in [0.15, 0.2) is 27.9 Å². The number of thiazole rings is 1. The second-order valence-corrected chi connectivity index (χ2v) is 8.34. The summed E-state index contributed by atoms with van der Waals surface area (Å²) in [5.74, 6) is 0. The molecule has 1 aromatic carbocycles. The summed E-state index contributed by atoms with van der Waals surface area (Å²) in [4.78, 5) is 13.8. The lowest BCUT2D eigenvalue weighted by Gasteiger charge is -2.21. The van der Waals surface area contributed by atoms with E-state index >= 15 is 0 Å². The van der Waals surface area contributed by atoms with E-state index in [1.165, 1.54) is 23.9 Å². The topological polar surface area (TPSA) is 99.3 Å². The number of thioether (sulfide) groups is 1. The molecule has 0 bridgehead atoms. The van der Waals surface area contributed by atoms with Gasteiger partial charge in [-0.05, 0) is 31.4 Å². The van der Waals surface area contributed by atoms with Crippen LogP contribution in [0, 0.1) is 0 Å². The van der Waals surface area contributed by atoms with E-state index in [4.69, 9.17) is 0 Å². The maximum atomic E-state index is 12.3. The fourth-order valence-electron chi connectivity index (χ4n) is 1.92. The lowest BCUT2D eigenvalue weighted by molar-refractivity contribution is 0.282. The van der Waals surface area contributed by atoms with Crippen LogP contribution in [0.25, 0.3) is 10.2 Å². The minimum atomic E-state index is -3.69. The van der Waals surface area contributed by atoms with E-state index in [1.54, 1.807) is 13.0 Å². The Balaban J connectivity index is 2.30. The highest BCUT2D eigenvalue weighted by atomic mass is 32.2. The molecule has 0 aliphatic heterocycles. The molecule has 0 amide bonds. The van der Waals surface area contributed by atoms with E-state index in [0.29, 0.717) is 10.2 Å². The molecule has 9 heteroatoms. The minimum absolute atomic E-state index is 0.106. The molecule has 1 heterocycles. The van der Waals surface area contributed by atoms with Crippen molar-refractivity contribution in [1.29, 1.82) is 0 Å². The summed E-state index contributed by atoms with van der Waals surface area (Å²) in [5.41, 5.74) is 0.620. The van der Waals surface area contributed by atoms with Gasteiger partial charge in [0.15, 0.2) is 0 Å². The Kier molecular flexibility index (Phi) is 5.10. The Labute approximate surface area is 130 Å². The number of nitrogens with one attached hydrogen (secondary N) is 2. The Bertz CT molecular complexity index is 777. The van der Waals surface area contributed by atoms with Gasteiger partial charge in [-0.3, -0.25) is 4.79 Å². The van der Waals surface area contributed by atoms with Crippen molar-refractivity contribution in [1.82, 2.24) is 9.71 Å². The van der Waals surface area contributed by atoms with Crippen LogP contribution in [0.2, 0.25) is 0 Å². The zero-order valence-corrected chi connectivity index (χ0v) is 13.9. The maximum absolute atomic E-state index is 12.3. The van der Waals surface area contributed by atoms with Crippen LogP contribution in [0.1, 0.15) is 6.92 Å². The molecule has 2 aromatic rings. The number of hydrogen-bond donors (Lipinski definition) is 3. The van der Waals surface area contributed by atoms with Crippen LogP contribution < -0.4 is 9.60 Å². The number of fused-ring (bicyclic) bond motifs is 1. The third-order valence-electron chi connectivity index (χ3n) is 3.08. The van der Waals surface area contributed by atoms with Crippen molar-refractivity contribution in [2.24, 2.45) is 0 Å². The van der Waals surface area contributed by atoms with E-state index in [1.807, 2.05) is 6.26 Å². The van der Waals surface area contributed by atoms with Crippen molar-refractivity contribution in [2.45, 2.75) is 23.1 Å². The van der Waals surface area contributed by atoms with Crippen LogP contribution in [-0.2, 0) is 10.0 Å². The van der Waals surface area contributed by atoms with Gasteiger partial charge in [0.05, 0.1) is 21.7 Å². The van der Waals surface area contributed by atoms with Gasteiger partial charge in [0.25, 0.3) is 0 Å². The largest absolute Gasteiger partial charge is 0.395 e. The molecule has 2 atom stereocenters. The molecule has 0 spiro atoms. The number of rotatable bonds is 6. The second kappa shape index (κ2) is 6.49. The predicted octanol–water partition coefficient (Wildman–Crippen LogP) is 0.980. The first-order chi connectivity index (χ1) is 9.87. The molecule has 0 aliphatic rings. The van der Waals surface area contributed by atoms with Crippen LogP contribution in [0.3, 0.4) is 0 Å². The van der Waals surface area contributed by atoms with Crippen LogP contribution >= 0.6 is 23.1 Å². The van der Waals surface area contributed by atoms with Gasteiger partial charge in [-0.25, -0.2) is 13.1 Å². The van der Waals surface area contributed by atoms with Crippen molar-refractivity contribution >= 4 is 43.3 Å². The summed E-state index contributed by atoms with van der Waals surface area (Å²) in [6.07, 6.45) is 1.81. The molecule has 0 radical (unpaired) electrons. The van der Waals surface area contributed by atoms with Crippen molar-refractivity contribution in [2.75, 3.05) is 12.9 Å². The zero-order valence-electron chi connectivity index (χ0n) is 11.5. The van der Waals surface area contributed by atoms with Gasteiger partial charge >= 0.3 is 4.87 Å². The summed E-state index contributed by atoms with van der Waals surface area (Å²) in [5, 5.41) is 9.00. The molecule has 1 aromatic heterocycles. The predicted molar refractivity (Wildman–Crippen MR) is 86.6 cm³/mol. The fraction of sp³-hybridized carbons (Fsp3) is 0.417. The molecule has 2 unspecified atom stereocenters. The van der Waals surface area contributed by atoms with Crippen molar-refractivity contribution in [3.8, 4) is 0 Å². The van der Waals surface area contributed by atoms with Gasteiger partial charge < -0.3 is 10.1 Å². The molecule has 0 fully saturated rings. The van der Waals surface area contributed by atoms with Crippen LogP contribution in [0.5, 0.6) is 0 Å². The Morgan fingerprint density at radius 2 is 2.19 bits per heavy atom. The van der Waals surface area contributed by atoms with Crippen molar-refractivity contribution < 1.29 is 13.5 Å². The van der Waals surface area contributed by atoms with E-state index in [-0.39, 0.29) is 21.6 Å². The highest BCUT2D eigenvalue weighted by molar-refractivity contribution is 7.99. The molecule has 0 aliphatic carbocycles. The van der Waals surface area contributed by atoms with Gasteiger partial charge in [0.1, 0.15) is 0 Å². The third-order valence-corrected chi connectivity index (χ3v) is 6.65. The first-order valence-electron chi connectivity index (χ1n) is 6.16. The Morgan fingerprint density at radius 3 is 2.81 bits per heavy atom. The molecule has 2 rings (SSSR count). The number of aromatic nitrogens is 1. The maximum Gasteiger partial charge on any atom is 0.305 e. The molecular weight excluding hydrogens is 332 g/mol. The summed E-state index contributed by atoms with van der Waals surface area (Å²) in [6, 6.07) is 4.09. The van der Waals surface area contributed by atoms with Gasteiger partial charge in [-0.2, -0.15) is 11.8 Å². The monoisotopic (exact) mass is 348 g/mol.